The molecule has 0 aliphatic heterocycles. The first kappa shape index (κ1) is 10.0. The topological polar surface area (TPSA) is 80.4 Å². The molecule has 0 bridgehead atoms. The van der Waals surface area contributed by atoms with Crippen LogP contribution in [0.15, 0.2) is 18.2 Å². The van der Waals surface area contributed by atoms with Crippen molar-refractivity contribution < 1.29 is 13.5 Å². The monoisotopic (exact) mass is 201 g/mol. The van der Waals surface area contributed by atoms with Crippen molar-refractivity contribution >= 4 is 10.0 Å². The average molecular weight is 201 g/mol. The van der Waals surface area contributed by atoms with Crippen LogP contribution in [-0.2, 0) is 15.8 Å². The number of primary sulfonamides is 1. The van der Waals surface area contributed by atoms with Gasteiger partial charge >= 0.3 is 0 Å². The molecule has 0 unspecified atom stereocenters. The number of phenolic OH excluding ortho intramolecular Hbond substituents is 1. The van der Waals surface area contributed by atoms with Crippen LogP contribution in [0.25, 0.3) is 0 Å². The second-order valence-electron chi connectivity index (χ2n) is 2.92. The number of hydrogen-bond donors (Lipinski definition) is 2. The lowest BCUT2D eigenvalue weighted by atomic mass is 10.1. The Kier molecular flexibility index (Phi) is 2.58. The van der Waals surface area contributed by atoms with E-state index in [4.69, 9.17) is 10.2 Å². The maximum absolute atomic E-state index is 10.8. The van der Waals surface area contributed by atoms with E-state index in [1.807, 2.05) is 0 Å². The first-order valence-electron chi connectivity index (χ1n) is 3.67. The number of phenols is 1. The lowest BCUT2D eigenvalue weighted by Gasteiger charge is -2.04. The molecular weight excluding hydrogens is 190 g/mol. The average Bonchev–Trinajstić information content (AvgIpc) is 1.94. The minimum Gasteiger partial charge on any atom is -0.508 e. The van der Waals surface area contributed by atoms with Gasteiger partial charge in [0.25, 0.3) is 0 Å². The van der Waals surface area contributed by atoms with Gasteiger partial charge in [-0.3, -0.25) is 0 Å². The van der Waals surface area contributed by atoms with Crippen LogP contribution >= 0.6 is 0 Å². The van der Waals surface area contributed by atoms with Crippen molar-refractivity contribution in [2.24, 2.45) is 5.14 Å². The molecule has 72 valence electrons. The third-order valence-electron chi connectivity index (χ3n) is 1.69. The second kappa shape index (κ2) is 3.35. The molecule has 5 heteroatoms. The molecule has 1 aromatic carbocycles. The van der Waals surface area contributed by atoms with Gasteiger partial charge in [0.1, 0.15) is 5.75 Å². The Morgan fingerprint density at radius 3 is 2.62 bits per heavy atom. The Labute approximate surface area is 77.1 Å². The van der Waals surface area contributed by atoms with Crippen LogP contribution in [0.2, 0.25) is 0 Å². The molecule has 4 nitrogen and oxygen atoms in total. The predicted octanol–water partition coefficient (Wildman–Crippen LogP) is 0.489. The lowest BCUT2D eigenvalue weighted by Crippen LogP contribution is -2.15. The fourth-order valence-electron chi connectivity index (χ4n) is 1.03. The van der Waals surface area contributed by atoms with Crippen LogP contribution in [0, 0.1) is 6.92 Å². The lowest BCUT2D eigenvalue weighted by molar-refractivity contribution is 0.474. The van der Waals surface area contributed by atoms with E-state index in [0.717, 1.165) is 5.56 Å². The van der Waals surface area contributed by atoms with Crippen molar-refractivity contribution in [1.29, 1.82) is 0 Å². The smallest absolute Gasteiger partial charge is 0.213 e. The van der Waals surface area contributed by atoms with Gasteiger partial charge in [-0.15, -0.1) is 0 Å². The Hall–Kier alpha value is -1.07. The van der Waals surface area contributed by atoms with Gasteiger partial charge in [0.05, 0.1) is 5.75 Å². The summed E-state index contributed by atoms with van der Waals surface area (Å²) in [6, 6.07) is 4.55. The number of nitrogens with two attached hydrogens (primary N) is 1. The first-order chi connectivity index (χ1) is 5.88. The quantitative estimate of drug-likeness (QED) is 0.730. The molecule has 0 amide bonds. The molecule has 1 rings (SSSR count). The van der Waals surface area contributed by atoms with Gasteiger partial charge in [0.2, 0.25) is 10.0 Å². The third kappa shape index (κ3) is 3.04. The summed E-state index contributed by atoms with van der Waals surface area (Å²) in [5.74, 6) is -0.197. The Morgan fingerprint density at radius 2 is 2.08 bits per heavy atom. The number of benzene rings is 1. The summed E-state index contributed by atoms with van der Waals surface area (Å²) in [6.45, 7) is 1.76. The summed E-state index contributed by atoms with van der Waals surface area (Å²) < 4.78 is 21.5. The third-order valence-corrected chi connectivity index (χ3v) is 2.40. The van der Waals surface area contributed by atoms with Gasteiger partial charge in [-0.1, -0.05) is 6.07 Å². The van der Waals surface area contributed by atoms with Crippen molar-refractivity contribution in [1.82, 2.24) is 0 Å². The van der Waals surface area contributed by atoms with Crippen molar-refractivity contribution in [3.8, 4) is 5.75 Å². The van der Waals surface area contributed by atoms with E-state index in [0.29, 0.717) is 5.56 Å². The number of sulfonamides is 1. The van der Waals surface area contributed by atoms with Crippen molar-refractivity contribution in [3.05, 3.63) is 29.3 Å². The van der Waals surface area contributed by atoms with E-state index < -0.39 is 10.0 Å². The number of aryl methyl sites for hydroxylation is 1. The molecule has 0 aliphatic carbocycles. The normalized spacial score (nSPS) is 11.5. The second-order valence-corrected chi connectivity index (χ2v) is 4.53. The van der Waals surface area contributed by atoms with Crippen molar-refractivity contribution in [2.75, 3.05) is 0 Å². The van der Waals surface area contributed by atoms with Gasteiger partial charge < -0.3 is 5.11 Å². The molecule has 0 radical (unpaired) electrons. The fraction of sp³-hybridized carbons (Fsp3) is 0.250. The molecule has 0 saturated heterocycles. The van der Waals surface area contributed by atoms with E-state index >= 15 is 0 Å². The summed E-state index contributed by atoms with van der Waals surface area (Å²) >= 11 is 0. The highest BCUT2D eigenvalue weighted by atomic mass is 32.2. The molecule has 13 heavy (non-hydrogen) atoms. The zero-order valence-corrected chi connectivity index (χ0v) is 8.00. The van der Waals surface area contributed by atoms with Crippen LogP contribution < -0.4 is 5.14 Å². The molecule has 3 N–H and O–H groups in total. The highest BCUT2D eigenvalue weighted by Gasteiger charge is 2.07. The van der Waals surface area contributed by atoms with E-state index in [-0.39, 0.29) is 11.5 Å². The molecule has 0 saturated carbocycles. The predicted molar refractivity (Wildman–Crippen MR) is 49.7 cm³/mol. The van der Waals surface area contributed by atoms with Crippen LogP contribution in [0.4, 0.5) is 0 Å². The van der Waals surface area contributed by atoms with Gasteiger partial charge in [0, 0.05) is 0 Å². The summed E-state index contributed by atoms with van der Waals surface area (Å²) in [4.78, 5) is 0. The SMILES string of the molecule is Cc1ccc(O)cc1CS(N)(=O)=O. The summed E-state index contributed by atoms with van der Waals surface area (Å²) in [5.41, 5.74) is 1.33. The standard InChI is InChI=1S/C8H11NO3S/c1-6-2-3-8(10)4-7(6)5-13(9,11)12/h2-4,10H,5H2,1H3,(H2,9,11,12). The van der Waals surface area contributed by atoms with Gasteiger partial charge in [-0.05, 0) is 30.2 Å². The van der Waals surface area contributed by atoms with E-state index in [2.05, 4.69) is 0 Å². The molecule has 0 atom stereocenters. The largest absolute Gasteiger partial charge is 0.508 e. The number of aromatic hydroxyl groups is 1. The molecular formula is C8H11NO3S. The molecule has 0 fully saturated rings. The fourth-order valence-corrected chi connectivity index (χ4v) is 1.77. The maximum atomic E-state index is 10.8. The van der Waals surface area contributed by atoms with Gasteiger partial charge in [-0.25, -0.2) is 13.6 Å². The minimum atomic E-state index is -3.53. The molecule has 1 aromatic rings. The minimum absolute atomic E-state index is 0.0456. The molecule has 0 aliphatic rings. The van der Waals surface area contributed by atoms with Crippen LogP contribution in [0.5, 0.6) is 5.75 Å². The van der Waals surface area contributed by atoms with E-state index in [1.165, 1.54) is 12.1 Å². The van der Waals surface area contributed by atoms with Crippen molar-refractivity contribution in [3.63, 3.8) is 0 Å². The van der Waals surface area contributed by atoms with Crippen LogP contribution in [-0.4, -0.2) is 13.5 Å². The molecule has 0 heterocycles. The molecule has 0 aromatic heterocycles. The highest BCUT2D eigenvalue weighted by molar-refractivity contribution is 7.88. The highest BCUT2D eigenvalue weighted by Crippen LogP contribution is 2.17. The van der Waals surface area contributed by atoms with Gasteiger partial charge in [0.15, 0.2) is 0 Å². The number of hydrogen-bond acceptors (Lipinski definition) is 3. The Balaban J connectivity index is 3.08. The Morgan fingerprint density at radius 1 is 1.46 bits per heavy atom. The first-order valence-corrected chi connectivity index (χ1v) is 5.39. The van der Waals surface area contributed by atoms with Crippen LogP contribution in [0.1, 0.15) is 11.1 Å². The van der Waals surface area contributed by atoms with E-state index in [9.17, 15) is 8.42 Å². The zero-order chi connectivity index (χ0) is 10.1. The van der Waals surface area contributed by atoms with Crippen molar-refractivity contribution in [2.45, 2.75) is 12.7 Å². The Bertz CT molecular complexity index is 411. The summed E-state index contributed by atoms with van der Waals surface area (Å²) in [6.07, 6.45) is 0. The van der Waals surface area contributed by atoms with Gasteiger partial charge in [-0.2, -0.15) is 0 Å². The summed E-state index contributed by atoms with van der Waals surface area (Å²) in [5, 5.41) is 14.0. The van der Waals surface area contributed by atoms with E-state index in [1.54, 1.807) is 13.0 Å². The number of rotatable bonds is 2. The summed E-state index contributed by atoms with van der Waals surface area (Å²) in [7, 11) is -3.53. The van der Waals surface area contributed by atoms with Crippen LogP contribution in [0.3, 0.4) is 0 Å². The maximum Gasteiger partial charge on any atom is 0.213 e. The zero-order valence-electron chi connectivity index (χ0n) is 7.19. The molecule has 0 spiro atoms.